The molecule has 0 saturated carbocycles. The number of nitrogens with one attached hydrogen (secondary N) is 3. The molecule has 0 aliphatic heterocycles. The normalized spacial score (nSPS) is 11.2. The zero-order valence-corrected chi connectivity index (χ0v) is 19.5. The molecule has 0 bridgehead atoms. The number of amides is 1. The number of carbonyl (C=O) groups is 1. The Balaban J connectivity index is 1.40. The summed E-state index contributed by atoms with van der Waals surface area (Å²) in [6, 6.07) is 7.85. The quantitative estimate of drug-likeness (QED) is 0.298. The van der Waals surface area contributed by atoms with E-state index in [1.54, 1.807) is 37.2 Å². The van der Waals surface area contributed by atoms with Gasteiger partial charge in [0.15, 0.2) is 0 Å². The van der Waals surface area contributed by atoms with Crippen molar-refractivity contribution in [3.63, 3.8) is 0 Å². The number of anilines is 1. The van der Waals surface area contributed by atoms with Gasteiger partial charge in [-0.15, -0.1) is 0 Å². The van der Waals surface area contributed by atoms with Gasteiger partial charge in [-0.25, -0.2) is 9.97 Å². The SMILES string of the molecule is CCCC(=O)Nc1cncc(-c2cnc3[nH]cc(-c4nc5c(-c6ccncc6)cncc5[nH]4)c3c2)c1. The molecular formula is C27H22N8O. The second-order valence-corrected chi connectivity index (χ2v) is 8.49. The van der Waals surface area contributed by atoms with Crippen LogP contribution in [0.5, 0.6) is 0 Å². The van der Waals surface area contributed by atoms with Gasteiger partial charge in [0.1, 0.15) is 11.5 Å². The first-order chi connectivity index (χ1) is 17.7. The number of carbonyl (C=O) groups excluding carboxylic acids is 1. The van der Waals surface area contributed by atoms with E-state index in [0.29, 0.717) is 12.1 Å². The Hall–Kier alpha value is -4.92. The van der Waals surface area contributed by atoms with Gasteiger partial charge >= 0.3 is 0 Å². The molecule has 6 rings (SSSR count). The molecule has 0 spiro atoms. The van der Waals surface area contributed by atoms with Gasteiger partial charge in [0.2, 0.25) is 5.91 Å². The third kappa shape index (κ3) is 3.96. The van der Waals surface area contributed by atoms with Gasteiger partial charge in [-0.2, -0.15) is 0 Å². The molecule has 6 aromatic rings. The summed E-state index contributed by atoms with van der Waals surface area (Å²) in [5, 5.41) is 3.82. The van der Waals surface area contributed by atoms with E-state index in [2.05, 4.69) is 41.3 Å². The van der Waals surface area contributed by atoms with Crippen molar-refractivity contribution in [3.8, 4) is 33.6 Å². The molecule has 176 valence electrons. The number of nitrogens with zero attached hydrogens (tertiary/aromatic N) is 5. The van der Waals surface area contributed by atoms with Gasteiger partial charge in [-0.05, 0) is 36.2 Å². The lowest BCUT2D eigenvalue weighted by molar-refractivity contribution is -0.116. The molecule has 0 unspecified atom stereocenters. The molecule has 0 saturated heterocycles. The van der Waals surface area contributed by atoms with E-state index < -0.39 is 0 Å². The number of hydrogen-bond donors (Lipinski definition) is 3. The summed E-state index contributed by atoms with van der Waals surface area (Å²) in [6.45, 7) is 1.97. The van der Waals surface area contributed by atoms with E-state index in [0.717, 1.165) is 62.1 Å². The summed E-state index contributed by atoms with van der Waals surface area (Å²) in [5.41, 5.74) is 7.68. The third-order valence-electron chi connectivity index (χ3n) is 6.00. The van der Waals surface area contributed by atoms with E-state index in [1.165, 1.54) is 0 Å². The summed E-state index contributed by atoms with van der Waals surface area (Å²) in [6.07, 6.45) is 15.5. The van der Waals surface area contributed by atoms with Gasteiger partial charge in [-0.1, -0.05) is 6.92 Å². The van der Waals surface area contributed by atoms with Gasteiger partial charge < -0.3 is 15.3 Å². The minimum absolute atomic E-state index is 0.0246. The fourth-order valence-electron chi connectivity index (χ4n) is 4.28. The molecule has 9 heteroatoms. The first-order valence-electron chi connectivity index (χ1n) is 11.7. The van der Waals surface area contributed by atoms with E-state index in [4.69, 9.17) is 4.98 Å². The molecule has 0 aromatic carbocycles. The largest absolute Gasteiger partial charge is 0.345 e. The van der Waals surface area contributed by atoms with Gasteiger partial charge in [0.25, 0.3) is 0 Å². The standard InChI is InChI=1S/C27H22N8O/c1-2-3-24(36)33-19-8-17(10-29-12-19)18-9-20-22(14-32-26(20)31-11-18)27-34-23-15-30-13-21(25(23)35-27)16-4-6-28-7-5-16/h4-15H,2-3H2,1H3,(H,31,32)(H,33,36)(H,34,35). The van der Waals surface area contributed by atoms with E-state index in [-0.39, 0.29) is 5.91 Å². The van der Waals surface area contributed by atoms with E-state index in [1.807, 2.05) is 37.5 Å². The van der Waals surface area contributed by atoms with Gasteiger partial charge in [0.05, 0.1) is 29.1 Å². The Morgan fingerprint density at radius 3 is 2.61 bits per heavy atom. The molecule has 6 aromatic heterocycles. The average Bonchev–Trinajstić information content (AvgIpc) is 3.53. The van der Waals surface area contributed by atoms with Crippen molar-refractivity contribution in [1.82, 2.24) is 34.9 Å². The molecule has 9 nitrogen and oxygen atoms in total. The van der Waals surface area contributed by atoms with E-state index in [9.17, 15) is 4.79 Å². The van der Waals surface area contributed by atoms with Crippen LogP contribution in [0.25, 0.3) is 55.7 Å². The second-order valence-electron chi connectivity index (χ2n) is 8.49. The van der Waals surface area contributed by atoms with Crippen LogP contribution < -0.4 is 5.32 Å². The van der Waals surface area contributed by atoms with Crippen LogP contribution in [0, 0.1) is 0 Å². The molecule has 3 N–H and O–H groups in total. The lowest BCUT2D eigenvalue weighted by Crippen LogP contribution is -2.10. The Morgan fingerprint density at radius 1 is 0.917 bits per heavy atom. The monoisotopic (exact) mass is 474 g/mol. The number of aromatic amines is 2. The Labute approximate surface area is 206 Å². The van der Waals surface area contributed by atoms with Crippen LogP contribution in [0.15, 0.2) is 73.8 Å². The maximum atomic E-state index is 12.0. The Bertz CT molecular complexity index is 1700. The molecular weight excluding hydrogens is 452 g/mol. The van der Waals surface area contributed by atoms with Crippen molar-refractivity contribution in [3.05, 3.63) is 73.8 Å². The van der Waals surface area contributed by atoms with Crippen molar-refractivity contribution >= 4 is 33.7 Å². The third-order valence-corrected chi connectivity index (χ3v) is 6.00. The molecule has 0 atom stereocenters. The van der Waals surface area contributed by atoms with Crippen LogP contribution >= 0.6 is 0 Å². The van der Waals surface area contributed by atoms with Crippen LogP contribution in [0.4, 0.5) is 5.69 Å². The highest BCUT2D eigenvalue weighted by Gasteiger charge is 2.15. The minimum Gasteiger partial charge on any atom is -0.345 e. The van der Waals surface area contributed by atoms with Crippen LogP contribution in [0.1, 0.15) is 19.8 Å². The van der Waals surface area contributed by atoms with Crippen molar-refractivity contribution < 1.29 is 4.79 Å². The molecule has 0 aliphatic rings. The molecule has 6 heterocycles. The number of rotatable bonds is 6. The highest BCUT2D eigenvalue weighted by atomic mass is 16.1. The van der Waals surface area contributed by atoms with Gasteiger partial charge in [-0.3, -0.25) is 19.7 Å². The zero-order chi connectivity index (χ0) is 24.5. The zero-order valence-electron chi connectivity index (χ0n) is 19.5. The predicted octanol–water partition coefficient (Wildman–Crippen LogP) is 5.36. The Kier molecular flexibility index (Phi) is 5.42. The Morgan fingerprint density at radius 2 is 1.75 bits per heavy atom. The number of H-pyrrole nitrogens is 2. The van der Waals surface area contributed by atoms with Crippen LogP contribution in [-0.4, -0.2) is 40.8 Å². The topological polar surface area (TPSA) is 125 Å². The van der Waals surface area contributed by atoms with Gasteiger partial charge in [0, 0.05) is 71.2 Å². The summed E-state index contributed by atoms with van der Waals surface area (Å²) >= 11 is 0. The number of imidazole rings is 1. The van der Waals surface area contributed by atoms with Crippen molar-refractivity contribution in [1.29, 1.82) is 0 Å². The minimum atomic E-state index is -0.0246. The fourth-order valence-corrected chi connectivity index (χ4v) is 4.28. The number of aromatic nitrogens is 7. The highest BCUT2D eigenvalue weighted by Crippen LogP contribution is 2.33. The highest BCUT2D eigenvalue weighted by molar-refractivity contribution is 5.98. The van der Waals surface area contributed by atoms with Crippen LogP contribution in [0.2, 0.25) is 0 Å². The van der Waals surface area contributed by atoms with Crippen LogP contribution in [0.3, 0.4) is 0 Å². The van der Waals surface area contributed by atoms with E-state index >= 15 is 0 Å². The maximum absolute atomic E-state index is 12.0. The average molecular weight is 475 g/mol. The van der Waals surface area contributed by atoms with Crippen molar-refractivity contribution in [2.75, 3.05) is 5.32 Å². The molecule has 0 fully saturated rings. The second kappa shape index (κ2) is 9.03. The van der Waals surface area contributed by atoms with Crippen molar-refractivity contribution in [2.24, 2.45) is 0 Å². The molecule has 36 heavy (non-hydrogen) atoms. The summed E-state index contributed by atoms with van der Waals surface area (Å²) in [5.74, 6) is 0.695. The number of fused-ring (bicyclic) bond motifs is 2. The first kappa shape index (κ1) is 21.6. The van der Waals surface area contributed by atoms with Crippen LogP contribution in [-0.2, 0) is 4.79 Å². The lowest BCUT2D eigenvalue weighted by Gasteiger charge is -2.07. The lowest BCUT2D eigenvalue weighted by atomic mass is 10.1. The smallest absolute Gasteiger partial charge is 0.224 e. The maximum Gasteiger partial charge on any atom is 0.224 e. The number of hydrogen-bond acceptors (Lipinski definition) is 6. The van der Waals surface area contributed by atoms with Crippen molar-refractivity contribution in [2.45, 2.75) is 19.8 Å². The molecule has 0 radical (unpaired) electrons. The first-order valence-corrected chi connectivity index (χ1v) is 11.7. The molecule has 1 amide bonds. The molecule has 0 aliphatic carbocycles. The summed E-state index contributed by atoms with van der Waals surface area (Å²) < 4.78 is 0. The number of pyridine rings is 4. The summed E-state index contributed by atoms with van der Waals surface area (Å²) in [4.78, 5) is 41.0. The fraction of sp³-hybridized carbons (Fsp3) is 0.111. The predicted molar refractivity (Wildman–Crippen MR) is 139 cm³/mol. The summed E-state index contributed by atoms with van der Waals surface area (Å²) in [7, 11) is 0.